The summed E-state index contributed by atoms with van der Waals surface area (Å²) in [6, 6.07) is 11.6. The van der Waals surface area contributed by atoms with Crippen LogP contribution in [0.15, 0.2) is 36.4 Å². The minimum absolute atomic E-state index is 0.0400. The SMILES string of the molecule is CC1SCCN1C(=O)c1ccc2ccccc2n1. The maximum Gasteiger partial charge on any atom is 0.273 e. The van der Waals surface area contributed by atoms with Crippen molar-refractivity contribution < 1.29 is 4.79 Å². The van der Waals surface area contributed by atoms with Crippen LogP contribution < -0.4 is 0 Å². The van der Waals surface area contributed by atoms with Gasteiger partial charge in [0, 0.05) is 17.7 Å². The Bertz CT molecular complexity index is 599. The third-order valence-corrected chi connectivity index (χ3v) is 4.36. The van der Waals surface area contributed by atoms with Gasteiger partial charge < -0.3 is 4.90 Å². The number of fused-ring (bicyclic) bond motifs is 1. The van der Waals surface area contributed by atoms with Crippen LogP contribution in [0.2, 0.25) is 0 Å². The number of carbonyl (C=O) groups is 1. The Morgan fingerprint density at radius 2 is 2.17 bits per heavy atom. The van der Waals surface area contributed by atoms with Gasteiger partial charge in [-0.3, -0.25) is 4.79 Å². The molecule has 3 nitrogen and oxygen atoms in total. The van der Waals surface area contributed by atoms with E-state index < -0.39 is 0 Å². The van der Waals surface area contributed by atoms with Gasteiger partial charge in [0.2, 0.25) is 0 Å². The maximum absolute atomic E-state index is 12.4. The first-order valence-corrected chi connectivity index (χ1v) is 7.09. The lowest BCUT2D eigenvalue weighted by molar-refractivity contribution is 0.0763. The van der Waals surface area contributed by atoms with Crippen molar-refractivity contribution in [1.82, 2.24) is 9.88 Å². The average Bonchev–Trinajstić information content (AvgIpc) is 2.83. The first-order valence-electron chi connectivity index (χ1n) is 6.04. The fourth-order valence-electron chi connectivity index (χ4n) is 2.19. The summed E-state index contributed by atoms with van der Waals surface area (Å²) in [7, 11) is 0. The van der Waals surface area contributed by atoms with Crippen LogP contribution in [0.5, 0.6) is 0 Å². The third kappa shape index (κ3) is 1.97. The third-order valence-electron chi connectivity index (χ3n) is 3.21. The van der Waals surface area contributed by atoms with Gasteiger partial charge in [-0.25, -0.2) is 4.98 Å². The number of para-hydroxylation sites is 1. The van der Waals surface area contributed by atoms with Crippen LogP contribution in [0, 0.1) is 0 Å². The normalized spacial score (nSPS) is 19.4. The van der Waals surface area contributed by atoms with Crippen molar-refractivity contribution in [2.45, 2.75) is 12.3 Å². The molecule has 1 unspecified atom stereocenters. The molecule has 0 bridgehead atoms. The number of carbonyl (C=O) groups excluding carboxylic acids is 1. The van der Waals surface area contributed by atoms with E-state index in [1.807, 2.05) is 53.1 Å². The zero-order valence-electron chi connectivity index (χ0n) is 10.2. The van der Waals surface area contributed by atoms with Crippen molar-refractivity contribution in [1.29, 1.82) is 0 Å². The average molecular weight is 258 g/mol. The predicted molar refractivity (Wildman–Crippen MR) is 74.7 cm³/mol. The van der Waals surface area contributed by atoms with E-state index in [-0.39, 0.29) is 11.3 Å². The van der Waals surface area contributed by atoms with Gasteiger partial charge in [-0.15, -0.1) is 11.8 Å². The molecular formula is C14H14N2OS. The number of amides is 1. The van der Waals surface area contributed by atoms with Gasteiger partial charge in [0.05, 0.1) is 10.9 Å². The van der Waals surface area contributed by atoms with Crippen molar-refractivity contribution in [2.24, 2.45) is 0 Å². The predicted octanol–water partition coefficient (Wildman–Crippen LogP) is 2.77. The number of thioether (sulfide) groups is 1. The van der Waals surface area contributed by atoms with Gasteiger partial charge >= 0.3 is 0 Å². The molecule has 1 aliphatic heterocycles. The van der Waals surface area contributed by atoms with Crippen molar-refractivity contribution in [3.05, 3.63) is 42.1 Å². The molecule has 1 fully saturated rings. The molecule has 0 saturated carbocycles. The number of rotatable bonds is 1. The topological polar surface area (TPSA) is 33.2 Å². The molecule has 1 aromatic carbocycles. The smallest absolute Gasteiger partial charge is 0.273 e. The van der Waals surface area contributed by atoms with Gasteiger partial charge in [0.1, 0.15) is 5.69 Å². The minimum Gasteiger partial charge on any atom is -0.325 e. The first kappa shape index (κ1) is 11.5. The van der Waals surface area contributed by atoms with Gasteiger partial charge in [-0.05, 0) is 19.1 Å². The molecule has 1 atom stereocenters. The molecule has 2 heterocycles. The Morgan fingerprint density at radius 3 is 2.94 bits per heavy atom. The van der Waals surface area contributed by atoms with Crippen LogP contribution in [0.25, 0.3) is 10.9 Å². The summed E-state index contributed by atoms with van der Waals surface area (Å²) < 4.78 is 0. The van der Waals surface area contributed by atoms with Crippen LogP contribution in [-0.4, -0.2) is 33.5 Å². The summed E-state index contributed by atoms with van der Waals surface area (Å²) in [6.45, 7) is 2.88. The summed E-state index contributed by atoms with van der Waals surface area (Å²) in [5.74, 6) is 1.05. The van der Waals surface area contributed by atoms with Crippen LogP contribution in [0.4, 0.5) is 0 Å². The molecular weight excluding hydrogens is 244 g/mol. The van der Waals surface area contributed by atoms with Gasteiger partial charge in [-0.1, -0.05) is 24.3 Å². The number of pyridine rings is 1. The standard InChI is InChI=1S/C14H14N2OS/c1-10-16(8-9-18-10)14(17)13-7-6-11-4-2-3-5-12(11)15-13/h2-7,10H,8-9H2,1H3. The second-order valence-electron chi connectivity index (χ2n) is 4.36. The summed E-state index contributed by atoms with van der Waals surface area (Å²) in [6.07, 6.45) is 0. The number of hydrogen-bond donors (Lipinski definition) is 0. The van der Waals surface area contributed by atoms with Crippen LogP contribution >= 0.6 is 11.8 Å². The molecule has 0 N–H and O–H groups in total. The van der Waals surface area contributed by atoms with E-state index in [0.717, 1.165) is 23.2 Å². The van der Waals surface area contributed by atoms with Crippen molar-refractivity contribution in [3.63, 3.8) is 0 Å². The molecule has 92 valence electrons. The monoisotopic (exact) mass is 258 g/mol. The highest BCUT2D eigenvalue weighted by Gasteiger charge is 2.27. The maximum atomic E-state index is 12.4. The lowest BCUT2D eigenvalue weighted by atomic mass is 10.2. The summed E-state index contributed by atoms with van der Waals surface area (Å²) in [4.78, 5) is 18.7. The molecule has 1 aliphatic rings. The summed E-state index contributed by atoms with van der Waals surface area (Å²) in [5, 5.41) is 1.32. The van der Waals surface area contributed by atoms with Gasteiger partial charge in [-0.2, -0.15) is 0 Å². The second kappa shape index (κ2) is 4.61. The highest BCUT2D eigenvalue weighted by atomic mass is 32.2. The molecule has 1 saturated heterocycles. The van der Waals surface area contributed by atoms with Crippen molar-refractivity contribution >= 4 is 28.6 Å². The summed E-state index contributed by atoms with van der Waals surface area (Å²) in [5.41, 5.74) is 1.42. The first-order chi connectivity index (χ1) is 8.75. The zero-order valence-corrected chi connectivity index (χ0v) is 11.0. The van der Waals surface area contributed by atoms with E-state index in [1.165, 1.54) is 0 Å². The van der Waals surface area contributed by atoms with Crippen molar-refractivity contribution in [3.8, 4) is 0 Å². The molecule has 0 aliphatic carbocycles. The van der Waals surface area contributed by atoms with E-state index in [2.05, 4.69) is 11.9 Å². The van der Waals surface area contributed by atoms with E-state index in [4.69, 9.17) is 0 Å². The fraction of sp³-hybridized carbons (Fsp3) is 0.286. The van der Waals surface area contributed by atoms with E-state index in [0.29, 0.717) is 5.69 Å². The van der Waals surface area contributed by atoms with Crippen LogP contribution in [0.1, 0.15) is 17.4 Å². The van der Waals surface area contributed by atoms with Crippen molar-refractivity contribution in [2.75, 3.05) is 12.3 Å². The number of benzene rings is 1. The zero-order chi connectivity index (χ0) is 12.5. The van der Waals surface area contributed by atoms with Gasteiger partial charge in [0.25, 0.3) is 5.91 Å². The molecule has 0 spiro atoms. The summed E-state index contributed by atoms with van der Waals surface area (Å²) >= 11 is 1.81. The fourth-order valence-corrected chi connectivity index (χ4v) is 3.22. The molecule has 1 aromatic heterocycles. The van der Waals surface area contributed by atoms with E-state index >= 15 is 0 Å². The second-order valence-corrected chi connectivity index (χ2v) is 5.78. The highest BCUT2D eigenvalue weighted by molar-refractivity contribution is 8.00. The Balaban J connectivity index is 1.96. The number of hydrogen-bond acceptors (Lipinski definition) is 3. The molecule has 18 heavy (non-hydrogen) atoms. The van der Waals surface area contributed by atoms with E-state index in [1.54, 1.807) is 0 Å². The largest absolute Gasteiger partial charge is 0.325 e. The Hall–Kier alpha value is -1.55. The molecule has 4 heteroatoms. The van der Waals surface area contributed by atoms with E-state index in [9.17, 15) is 4.79 Å². The Morgan fingerprint density at radius 1 is 1.33 bits per heavy atom. The Kier molecular flexibility index (Phi) is 2.96. The highest BCUT2D eigenvalue weighted by Crippen LogP contribution is 2.24. The molecule has 3 rings (SSSR count). The molecule has 1 amide bonds. The van der Waals surface area contributed by atoms with Crippen LogP contribution in [0.3, 0.4) is 0 Å². The lowest BCUT2D eigenvalue weighted by Crippen LogP contribution is -2.33. The molecule has 2 aromatic rings. The van der Waals surface area contributed by atoms with Gasteiger partial charge in [0.15, 0.2) is 0 Å². The molecule has 0 radical (unpaired) electrons. The van der Waals surface area contributed by atoms with Crippen LogP contribution in [-0.2, 0) is 0 Å². The quantitative estimate of drug-likeness (QED) is 0.788. The number of aromatic nitrogens is 1. The minimum atomic E-state index is 0.0400. The lowest BCUT2D eigenvalue weighted by Gasteiger charge is -2.19. The Labute approximate surface area is 110 Å². The number of nitrogens with zero attached hydrogens (tertiary/aromatic N) is 2.